The minimum absolute atomic E-state index is 0.233. The fourth-order valence-corrected chi connectivity index (χ4v) is 1.31. The highest BCUT2D eigenvalue weighted by molar-refractivity contribution is 4.78. The van der Waals surface area contributed by atoms with Gasteiger partial charge >= 0.3 is 0 Å². The van der Waals surface area contributed by atoms with Gasteiger partial charge in [0.05, 0.1) is 0 Å². The molecule has 0 aliphatic heterocycles. The summed E-state index contributed by atoms with van der Waals surface area (Å²) >= 11 is 0. The lowest BCUT2D eigenvalue weighted by molar-refractivity contribution is 0.292. The lowest BCUT2D eigenvalue weighted by Crippen LogP contribution is -2.31. The maximum Gasteiger partial charge on any atom is 0.0295 e. The third-order valence-corrected chi connectivity index (χ3v) is 2.01. The predicted molar refractivity (Wildman–Crippen MR) is 41.2 cm³/mol. The Balaban J connectivity index is 3.79. The van der Waals surface area contributed by atoms with Gasteiger partial charge in [-0.15, -0.1) is 0 Å². The van der Waals surface area contributed by atoms with Crippen molar-refractivity contribution < 1.29 is 0 Å². The Labute approximate surface area is 58.6 Å². The standard InChI is InChI=1S/C8H18N/c1-5-7(6-2)8(3,4)9/h7,9H,5-6H2,1-4H3. The summed E-state index contributed by atoms with van der Waals surface area (Å²) in [6, 6.07) is 0. The topological polar surface area (TPSA) is 23.8 Å². The van der Waals surface area contributed by atoms with Crippen molar-refractivity contribution in [2.24, 2.45) is 5.92 Å². The fraction of sp³-hybridized carbons (Fsp3) is 1.00. The van der Waals surface area contributed by atoms with Crippen LogP contribution in [0.4, 0.5) is 0 Å². The van der Waals surface area contributed by atoms with Crippen molar-refractivity contribution in [3.63, 3.8) is 0 Å². The van der Waals surface area contributed by atoms with E-state index < -0.39 is 0 Å². The molecule has 9 heavy (non-hydrogen) atoms. The molecule has 0 aliphatic rings. The van der Waals surface area contributed by atoms with E-state index in [1.165, 1.54) is 0 Å². The van der Waals surface area contributed by atoms with Crippen molar-refractivity contribution in [2.45, 2.75) is 46.1 Å². The number of hydrogen-bond donors (Lipinski definition) is 0. The SMILES string of the molecule is CCC(CC)C(C)(C)[NH]. The second-order valence-electron chi connectivity index (χ2n) is 3.24. The molecule has 0 aromatic heterocycles. The number of hydrogen-bond acceptors (Lipinski definition) is 0. The lowest BCUT2D eigenvalue weighted by atomic mass is 9.84. The molecule has 1 radical (unpaired) electrons. The molecule has 0 rings (SSSR count). The second-order valence-corrected chi connectivity index (χ2v) is 3.24. The Bertz CT molecular complexity index is 67.1. The third-order valence-electron chi connectivity index (χ3n) is 2.01. The fourth-order valence-electron chi connectivity index (χ4n) is 1.31. The average Bonchev–Trinajstić information content (AvgIpc) is 1.65. The van der Waals surface area contributed by atoms with Crippen LogP contribution in [0.1, 0.15) is 40.5 Å². The van der Waals surface area contributed by atoms with Gasteiger partial charge in [-0.05, 0) is 19.8 Å². The van der Waals surface area contributed by atoms with Crippen LogP contribution in [0.2, 0.25) is 0 Å². The van der Waals surface area contributed by atoms with Crippen LogP contribution in [0, 0.1) is 5.92 Å². The highest BCUT2D eigenvalue weighted by Gasteiger charge is 2.21. The quantitative estimate of drug-likeness (QED) is 0.557. The Hall–Kier alpha value is -0.0400. The summed E-state index contributed by atoms with van der Waals surface area (Å²) in [5, 5.41) is 0. The normalized spacial score (nSPS) is 12.7. The molecular weight excluding hydrogens is 110 g/mol. The summed E-state index contributed by atoms with van der Waals surface area (Å²) in [4.78, 5) is 0. The van der Waals surface area contributed by atoms with E-state index in [1.807, 2.05) is 13.8 Å². The van der Waals surface area contributed by atoms with Gasteiger partial charge in [0.1, 0.15) is 0 Å². The summed E-state index contributed by atoms with van der Waals surface area (Å²) < 4.78 is 0. The maximum absolute atomic E-state index is 7.69. The van der Waals surface area contributed by atoms with Crippen LogP contribution in [-0.4, -0.2) is 5.54 Å². The molecule has 0 heterocycles. The largest absolute Gasteiger partial charge is 0.251 e. The van der Waals surface area contributed by atoms with Crippen LogP contribution in [0.3, 0.4) is 0 Å². The van der Waals surface area contributed by atoms with Crippen molar-refractivity contribution in [1.82, 2.24) is 5.73 Å². The van der Waals surface area contributed by atoms with Gasteiger partial charge in [0.15, 0.2) is 0 Å². The minimum Gasteiger partial charge on any atom is -0.251 e. The first-order valence-electron chi connectivity index (χ1n) is 3.77. The first-order valence-corrected chi connectivity index (χ1v) is 3.77. The Morgan fingerprint density at radius 1 is 1.22 bits per heavy atom. The van der Waals surface area contributed by atoms with Crippen molar-refractivity contribution in [3.05, 3.63) is 0 Å². The summed E-state index contributed by atoms with van der Waals surface area (Å²) in [7, 11) is 0. The van der Waals surface area contributed by atoms with Crippen LogP contribution < -0.4 is 5.73 Å². The monoisotopic (exact) mass is 128 g/mol. The van der Waals surface area contributed by atoms with E-state index >= 15 is 0 Å². The molecule has 0 bridgehead atoms. The zero-order valence-electron chi connectivity index (χ0n) is 6.99. The van der Waals surface area contributed by atoms with E-state index in [1.54, 1.807) is 0 Å². The molecule has 1 nitrogen and oxygen atoms in total. The molecule has 0 saturated heterocycles. The molecule has 55 valence electrons. The van der Waals surface area contributed by atoms with Crippen LogP contribution in [0.5, 0.6) is 0 Å². The molecular formula is C8H18N. The maximum atomic E-state index is 7.69. The summed E-state index contributed by atoms with van der Waals surface area (Å²) in [5.74, 6) is 0.567. The molecule has 1 N–H and O–H groups in total. The molecule has 0 fully saturated rings. The third kappa shape index (κ3) is 2.85. The van der Waals surface area contributed by atoms with Gasteiger partial charge in [0.2, 0.25) is 0 Å². The summed E-state index contributed by atoms with van der Waals surface area (Å²) in [6.45, 7) is 8.30. The Morgan fingerprint density at radius 3 is 1.56 bits per heavy atom. The van der Waals surface area contributed by atoms with E-state index in [2.05, 4.69) is 13.8 Å². The van der Waals surface area contributed by atoms with Crippen LogP contribution >= 0.6 is 0 Å². The second kappa shape index (κ2) is 3.21. The molecule has 0 aliphatic carbocycles. The van der Waals surface area contributed by atoms with Crippen molar-refractivity contribution >= 4 is 0 Å². The van der Waals surface area contributed by atoms with Crippen LogP contribution in [0.15, 0.2) is 0 Å². The first-order chi connectivity index (χ1) is 4.02. The minimum atomic E-state index is -0.233. The lowest BCUT2D eigenvalue weighted by Gasteiger charge is -2.27. The van der Waals surface area contributed by atoms with Gasteiger partial charge in [-0.3, -0.25) is 5.73 Å². The van der Waals surface area contributed by atoms with Crippen LogP contribution in [0.25, 0.3) is 0 Å². The molecule has 0 spiro atoms. The van der Waals surface area contributed by atoms with E-state index in [-0.39, 0.29) is 5.54 Å². The molecule has 0 unspecified atom stereocenters. The average molecular weight is 128 g/mol. The molecule has 0 amide bonds. The van der Waals surface area contributed by atoms with Crippen molar-refractivity contribution in [3.8, 4) is 0 Å². The Kier molecular flexibility index (Phi) is 3.20. The van der Waals surface area contributed by atoms with E-state index in [9.17, 15) is 0 Å². The number of nitrogens with one attached hydrogen (secondary N) is 1. The first kappa shape index (κ1) is 8.96. The zero-order chi connectivity index (χ0) is 7.49. The molecule has 0 aromatic carbocycles. The van der Waals surface area contributed by atoms with Gasteiger partial charge in [-0.2, -0.15) is 0 Å². The summed E-state index contributed by atoms with van der Waals surface area (Å²) in [6.07, 6.45) is 2.26. The van der Waals surface area contributed by atoms with Gasteiger partial charge in [-0.1, -0.05) is 26.7 Å². The zero-order valence-corrected chi connectivity index (χ0v) is 6.99. The van der Waals surface area contributed by atoms with E-state index in [0.717, 1.165) is 12.8 Å². The summed E-state index contributed by atoms with van der Waals surface area (Å²) in [5.41, 5.74) is 7.46. The molecule has 1 heteroatoms. The highest BCUT2D eigenvalue weighted by Crippen LogP contribution is 2.21. The van der Waals surface area contributed by atoms with Gasteiger partial charge in [0.25, 0.3) is 0 Å². The van der Waals surface area contributed by atoms with Gasteiger partial charge in [-0.25, -0.2) is 0 Å². The van der Waals surface area contributed by atoms with Gasteiger partial charge < -0.3 is 0 Å². The van der Waals surface area contributed by atoms with E-state index in [4.69, 9.17) is 5.73 Å². The predicted octanol–water partition coefficient (Wildman–Crippen LogP) is 2.48. The van der Waals surface area contributed by atoms with E-state index in [0.29, 0.717) is 5.92 Å². The van der Waals surface area contributed by atoms with Crippen molar-refractivity contribution in [2.75, 3.05) is 0 Å². The highest BCUT2D eigenvalue weighted by atomic mass is 14.7. The molecule has 0 saturated carbocycles. The Morgan fingerprint density at radius 2 is 1.56 bits per heavy atom. The van der Waals surface area contributed by atoms with Gasteiger partial charge in [0, 0.05) is 5.54 Å². The smallest absolute Gasteiger partial charge is 0.0295 e. The van der Waals surface area contributed by atoms with Crippen LogP contribution in [-0.2, 0) is 0 Å². The molecule has 0 aromatic rings. The molecule has 0 atom stereocenters. The van der Waals surface area contributed by atoms with Crippen molar-refractivity contribution in [1.29, 1.82) is 0 Å². The number of rotatable bonds is 3.